The van der Waals surface area contributed by atoms with Crippen LogP contribution in [-0.2, 0) is 6.16 Å². The van der Waals surface area contributed by atoms with Crippen LogP contribution >= 0.6 is 9.24 Å². The van der Waals surface area contributed by atoms with E-state index in [-0.39, 0.29) is 81.9 Å². The SMILES string of the molecule is PCc1ccccc1.[Pb].[Pb].[Pb]. The van der Waals surface area contributed by atoms with E-state index in [4.69, 9.17) is 0 Å². The van der Waals surface area contributed by atoms with Crippen LogP contribution in [0.2, 0.25) is 0 Å². The molecule has 0 fully saturated rings. The topological polar surface area (TPSA) is 0 Å². The minimum atomic E-state index is 0. The van der Waals surface area contributed by atoms with Crippen LogP contribution in [0.5, 0.6) is 0 Å². The van der Waals surface area contributed by atoms with E-state index in [9.17, 15) is 0 Å². The molecule has 0 spiro atoms. The Labute approximate surface area is 131 Å². The van der Waals surface area contributed by atoms with Gasteiger partial charge < -0.3 is 0 Å². The first-order valence-electron chi connectivity index (χ1n) is 2.67. The second kappa shape index (κ2) is 12.4. The van der Waals surface area contributed by atoms with Crippen molar-refractivity contribution in [2.45, 2.75) is 6.16 Å². The molecule has 0 saturated carbocycles. The van der Waals surface area contributed by atoms with Crippen molar-refractivity contribution in [3.8, 4) is 0 Å². The van der Waals surface area contributed by atoms with Crippen molar-refractivity contribution in [1.29, 1.82) is 0 Å². The average Bonchev–Trinajstić information content (AvgIpc) is 1.90. The van der Waals surface area contributed by atoms with Crippen LogP contribution in [0.15, 0.2) is 30.3 Å². The molecule has 0 N–H and O–H groups in total. The van der Waals surface area contributed by atoms with Gasteiger partial charge in [0.15, 0.2) is 0 Å². The molecule has 1 aromatic carbocycles. The van der Waals surface area contributed by atoms with Gasteiger partial charge in [-0.3, -0.25) is 0 Å². The third-order valence-electron chi connectivity index (χ3n) is 1.08. The maximum atomic E-state index is 2.69. The molecule has 0 heterocycles. The monoisotopic (exact) mass is 748 g/mol. The zero-order valence-corrected chi connectivity index (χ0v) is 19.0. The van der Waals surface area contributed by atoms with Crippen LogP contribution in [-0.4, -0.2) is 81.9 Å². The van der Waals surface area contributed by atoms with E-state index in [0.717, 1.165) is 6.16 Å². The second-order valence-electron chi connectivity index (χ2n) is 1.69. The molecule has 0 aliphatic heterocycles. The number of benzene rings is 1. The fraction of sp³-hybridized carbons (Fsp3) is 0.143. The van der Waals surface area contributed by atoms with E-state index in [2.05, 4.69) is 33.5 Å². The Morgan fingerprint density at radius 1 is 0.909 bits per heavy atom. The van der Waals surface area contributed by atoms with Crippen LogP contribution in [0.3, 0.4) is 0 Å². The average molecular weight is 746 g/mol. The van der Waals surface area contributed by atoms with E-state index in [1.807, 2.05) is 6.07 Å². The third-order valence-corrected chi connectivity index (χ3v) is 1.55. The van der Waals surface area contributed by atoms with Crippen molar-refractivity contribution in [3.63, 3.8) is 0 Å². The number of hydrogen-bond donors (Lipinski definition) is 0. The van der Waals surface area contributed by atoms with Crippen LogP contribution in [0.25, 0.3) is 0 Å². The van der Waals surface area contributed by atoms with Gasteiger partial charge in [-0.2, -0.15) is 0 Å². The second-order valence-corrected chi connectivity index (χ2v) is 2.10. The normalized spacial score (nSPS) is 6.64. The quantitative estimate of drug-likeness (QED) is 0.297. The molecule has 11 heavy (non-hydrogen) atoms. The summed E-state index contributed by atoms with van der Waals surface area (Å²) in [6, 6.07) is 10.4. The van der Waals surface area contributed by atoms with Crippen LogP contribution in [0.4, 0.5) is 0 Å². The van der Waals surface area contributed by atoms with Crippen molar-refractivity contribution in [3.05, 3.63) is 35.9 Å². The smallest absolute Gasteiger partial charge is 0 e. The number of hydrogen-bond acceptors (Lipinski definition) is 0. The number of rotatable bonds is 1. The summed E-state index contributed by atoms with van der Waals surface area (Å²) in [5.74, 6) is 0. The summed E-state index contributed by atoms with van der Waals surface area (Å²) in [4.78, 5) is 0. The van der Waals surface area contributed by atoms with E-state index in [1.54, 1.807) is 0 Å². The predicted molar refractivity (Wildman–Crippen MR) is 57.1 cm³/mol. The minimum absolute atomic E-state index is 0. The Kier molecular flexibility index (Phi) is 21.5. The van der Waals surface area contributed by atoms with Crippen molar-refractivity contribution >= 4 is 91.1 Å². The molecule has 0 amide bonds. The first kappa shape index (κ1) is 19.1. The summed E-state index contributed by atoms with van der Waals surface area (Å²) in [6.45, 7) is 0. The van der Waals surface area contributed by atoms with Gasteiger partial charge in [0.1, 0.15) is 0 Å². The van der Waals surface area contributed by atoms with E-state index >= 15 is 0 Å². The molecule has 1 aromatic rings. The van der Waals surface area contributed by atoms with E-state index in [1.165, 1.54) is 5.56 Å². The van der Waals surface area contributed by atoms with E-state index < -0.39 is 0 Å². The van der Waals surface area contributed by atoms with Gasteiger partial charge in [0.25, 0.3) is 0 Å². The van der Waals surface area contributed by atoms with Gasteiger partial charge in [-0.1, -0.05) is 30.3 Å². The fourth-order valence-electron chi connectivity index (χ4n) is 0.614. The molecular weight excluding hydrogens is 737 g/mol. The summed E-state index contributed by atoms with van der Waals surface area (Å²) in [5.41, 5.74) is 1.37. The molecule has 0 saturated heterocycles. The van der Waals surface area contributed by atoms with Crippen LogP contribution in [0.1, 0.15) is 5.56 Å². The standard InChI is InChI=1S/C7H9P.3Pb/c8-6-7-4-2-1-3-5-7;;;/h1-5H,6,8H2;;;. The van der Waals surface area contributed by atoms with Gasteiger partial charge in [-0.05, 0) is 11.7 Å². The largest absolute Gasteiger partial charge is 0.133 e. The maximum absolute atomic E-state index is 2.69. The van der Waals surface area contributed by atoms with Gasteiger partial charge in [0.2, 0.25) is 0 Å². The van der Waals surface area contributed by atoms with Crippen molar-refractivity contribution < 1.29 is 0 Å². The predicted octanol–water partition coefficient (Wildman–Crippen LogP) is 0.919. The van der Waals surface area contributed by atoms with Gasteiger partial charge in [0.05, 0.1) is 0 Å². The zero-order valence-electron chi connectivity index (χ0n) is 6.17. The summed E-state index contributed by atoms with van der Waals surface area (Å²) in [6.07, 6.45) is 1.06. The Morgan fingerprint density at radius 2 is 1.36 bits per heavy atom. The fourth-order valence-corrected chi connectivity index (χ4v) is 0.886. The first-order chi connectivity index (χ1) is 3.93. The summed E-state index contributed by atoms with van der Waals surface area (Å²) >= 11 is 0. The van der Waals surface area contributed by atoms with Crippen molar-refractivity contribution in [2.75, 3.05) is 0 Å². The maximum Gasteiger partial charge on any atom is 0 e. The molecule has 0 bridgehead atoms. The van der Waals surface area contributed by atoms with Gasteiger partial charge in [0, 0.05) is 81.9 Å². The van der Waals surface area contributed by atoms with Crippen molar-refractivity contribution in [2.24, 2.45) is 0 Å². The molecule has 1 rings (SSSR count). The molecule has 54 valence electrons. The molecule has 1 atom stereocenters. The van der Waals surface area contributed by atoms with Gasteiger partial charge in [-0.25, -0.2) is 0 Å². The van der Waals surface area contributed by atoms with Crippen LogP contribution < -0.4 is 0 Å². The van der Waals surface area contributed by atoms with Gasteiger partial charge in [-0.15, -0.1) is 9.24 Å². The minimum Gasteiger partial charge on any atom is -0.133 e. The summed E-state index contributed by atoms with van der Waals surface area (Å²) in [5, 5.41) is 0. The molecule has 12 radical (unpaired) electrons. The Balaban J connectivity index is -0.000000213. The molecule has 0 aliphatic rings. The molecule has 1 unspecified atom stereocenters. The summed E-state index contributed by atoms with van der Waals surface area (Å²) < 4.78 is 0. The molecule has 4 heteroatoms. The Morgan fingerprint density at radius 3 is 1.64 bits per heavy atom. The van der Waals surface area contributed by atoms with Crippen LogP contribution in [0, 0.1) is 0 Å². The van der Waals surface area contributed by atoms with E-state index in [0.29, 0.717) is 0 Å². The Bertz CT molecular complexity index is 155. The molecule has 0 aromatic heterocycles. The van der Waals surface area contributed by atoms with Crippen molar-refractivity contribution in [1.82, 2.24) is 0 Å². The first-order valence-corrected chi connectivity index (χ1v) is 3.49. The molecule has 0 nitrogen and oxygen atoms in total. The molecular formula is C7H9PPb3. The van der Waals surface area contributed by atoms with Gasteiger partial charge >= 0.3 is 0 Å². The Hall–Kier alpha value is 2.42. The molecule has 0 aliphatic carbocycles. The summed E-state index contributed by atoms with van der Waals surface area (Å²) in [7, 11) is 2.69. The zero-order chi connectivity index (χ0) is 5.82. The third kappa shape index (κ3) is 8.74.